The van der Waals surface area contributed by atoms with Crippen LogP contribution in [0.3, 0.4) is 0 Å². The molecule has 0 aromatic carbocycles. The molecule has 88 heavy (non-hydrogen) atoms. The van der Waals surface area contributed by atoms with Gasteiger partial charge in [-0.2, -0.15) is 0 Å². The second kappa shape index (κ2) is 76.8. The Balaban J connectivity index is 3.48. The van der Waals surface area contributed by atoms with E-state index in [9.17, 15) is 14.7 Å². The summed E-state index contributed by atoms with van der Waals surface area (Å²) in [5.41, 5.74) is 0. The monoisotopic (exact) mass is 1220 g/mol. The van der Waals surface area contributed by atoms with E-state index in [1.54, 1.807) is 0 Å². The first-order valence-electron chi connectivity index (χ1n) is 37.0. The Morgan fingerprint density at radius 2 is 0.455 bits per heavy atom. The molecule has 1 N–H and O–H groups in total. The number of hydrogen-bond donors (Lipinski definition) is 1. The Morgan fingerprint density at radius 3 is 0.682 bits per heavy atom. The molecule has 0 radical (unpaired) electrons. The van der Waals surface area contributed by atoms with E-state index in [2.05, 4.69) is 172 Å². The average molecular weight is 1220 g/mol. The predicted molar refractivity (Wildman–Crippen MR) is 389 cm³/mol. The van der Waals surface area contributed by atoms with Gasteiger partial charge in [-0.3, -0.25) is 9.59 Å². The van der Waals surface area contributed by atoms with Crippen LogP contribution in [0.25, 0.3) is 0 Å². The van der Waals surface area contributed by atoms with Crippen LogP contribution in [-0.4, -0.2) is 36.4 Å². The first kappa shape index (κ1) is 83.5. The molecule has 0 fully saturated rings. The van der Waals surface area contributed by atoms with Gasteiger partial charge in [0.05, 0.1) is 6.61 Å². The van der Waals surface area contributed by atoms with Crippen molar-refractivity contribution in [2.45, 2.75) is 341 Å². The molecule has 5 heteroatoms. The van der Waals surface area contributed by atoms with E-state index in [0.29, 0.717) is 12.8 Å². The highest BCUT2D eigenvalue weighted by atomic mass is 16.6. The quantitative estimate of drug-likeness (QED) is 0.0373. The molecule has 5 nitrogen and oxygen atoms in total. The van der Waals surface area contributed by atoms with Crippen molar-refractivity contribution in [2.75, 3.05) is 13.2 Å². The van der Waals surface area contributed by atoms with E-state index >= 15 is 0 Å². The zero-order chi connectivity index (χ0) is 63.3. The number of aliphatic hydroxyl groups is 1. The van der Waals surface area contributed by atoms with Crippen molar-refractivity contribution < 1.29 is 24.2 Å². The summed E-state index contributed by atoms with van der Waals surface area (Å²) in [5, 5.41) is 9.71. The van der Waals surface area contributed by atoms with Crippen LogP contribution in [-0.2, 0) is 19.1 Å². The van der Waals surface area contributed by atoms with E-state index < -0.39 is 6.10 Å². The van der Waals surface area contributed by atoms with Gasteiger partial charge in [-0.1, -0.05) is 358 Å². The Morgan fingerprint density at radius 1 is 0.261 bits per heavy atom. The Hall–Kier alpha value is -4.48. The minimum absolute atomic E-state index is 0.0737. The highest BCUT2D eigenvalue weighted by Gasteiger charge is 2.16. The van der Waals surface area contributed by atoms with Gasteiger partial charge >= 0.3 is 11.9 Å². The fourth-order valence-electron chi connectivity index (χ4n) is 10.4. The lowest BCUT2D eigenvalue weighted by atomic mass is 10.0. The summed E-state index contributed by atoms with van der Waals surface area (Å²) in [6, 6.07) is 0. The van der Waals surface area contributed by atoms with Crippen LogP contribution >= 0.6 is 0 Å². The van der Waals surface area contributed by atoms with Gasteiger partial charge in [0, 0.05) is 12.8 Å². The van der Waals surface area contributed by atoms with Gasteiger partial charge in [-0.15, -0.1) is 0 Å². The smallest absolute Gasteiger partial charge is 0.306 e. The molecule has 0 aliphatic heterocycles. The highest BCUT2D eigenvalue weighted by Crippen LogP contribution is 2.18. The molecule has 0 saturated heterocycles. The number of esters is 2. The van der Waals surface area contributed by atoms with E-state index in [-0.39, 0.29) is 25.2 Å². The van der Waals surface area contributed by atoms with Crippen molar-refractivity contribution in [1.82, 2.24) is 0 Å². The summed E-state index contributed by atoms with van der Waals surface area (Å²) in [7, 11) is 0. The van der Waals surface area contributed by atoms with E-state index in [1.807, 2.05) is 0 Å². The van der Waals surface area contributed by atoms with Crippen LogP contribution in [0.2, 0.25) is 0 Å². The van der Waals surface area contributed by atoms with E-state index in [4.69, 9.17) is 9.47 Å². The minimum Gasteiger partial charge on any atom is -0.462 e. The molecule has 0 bridgehead atoms. The SMILES string of the molecule is CC/C=C\C/C=C\C/C=C\C/C=C\C/C=C\C/C=C\C/C=C\C/C=C\CCCCCCCCCCC(=O)OC(CO)COC(=O)CCCCCCCCCCCCCCCCCCCCCCCCCCC/C=C\C/C=C\C/C=C\C/C=C\C/C=C\CC. The lowest BCUT2D eigenvalue weighted by molar-refractivity contribution is -0.161. The summed E-state index contributed by atoms with van der Waals surface area (Å²) < 4.78 is 10.8. The summed E-state index contributed by atoms with van der Waals surface area (Å²) in [4.78, 5) is 24.7. The van der Waals surface area contributed by atoms with Crippen LogP contribution in [0.15, 0.2) is 158 Å². The van der Waals surface area contributed by atoms with Crippen LogP contribution in [0, 0.1) is 0 Å². The molecule has 0 amide bonds. The molecular formula is C83H138O5. The van der Waals surface area contributed by atoms with E-state index in [1.165, 1.54) is 180 Å². The highest BCUT2D eigenvalue weighted by molar-refractivity contribution is 5.70. The topological polar surface area (TPSA) is 72.8 Å². The maximum Gasteiger partial charge on any atom is 0.306 e. The van der Waals surface area contributed by atoms with E-state index in [0.717, 1.165) is 128 Å². The third kappa shape index (κ3) is 74.0. The lowest BCUT2D eigenvalue weighted by Crippen LogP contribution is -2.28. The number of unbranched alkanes of at least 4 members (excludes halogenated alkanes) is 33. The molecular weight excluding hydrogens is 1080 g/mol. The van der Waals surface area contributed by atoms with Crippen LogP contribution < -0.4 is 0 Å². The van der Waals surface area contributed by atoms with Crippen molar-refractivity contribution in [3.8, 4) is 0 Å². The minimum atomic E-state index is -0.787. The molecule has 0 saturated carbocycles. The van der Waals surface area contributed by atoms with Crippen molar-refractivity contribution in [3.05, 3.63) is 158 Å². The van der Waals surface area contributed by atoms with Gasteiger partial charge in [-0.25, -0.2) is 0 Å². The Kier molecular flexibility index (Phi) is 72.9. The second-order valence-electron chi connectivity index (χ2n) is 24.3. The van der Waals surface area contributed by atoms with Gasteiger partial charge in [0.2, 0.25) is 0 Å². The van der Waals surface area contributed by atoms with Crippen LogP contribution in [0.1, 0.15) is 335 Å². The summed E-state index contributed by atoms with van der Waals surface area (Å²) in [6.07, 6.45) is 117. The summed E-state index contributed by atoms with van der Waals surface area (Å²) >= 11 is 0. The number of ether oxygens (including phenoxy) is 2. The van der Waals surface area contributed by atoms with Gasteiger partial charge in [0.25, 0.3) is 0 Å². The lowest BCUT2D eigenvalue weighted by Gasteiger charge is -2.15. The predicted octanol–water partition coefficient (Wildman–Crippen LogP) is 26.2. The first-order chi connectivity index (χ1) is 43.6. The number of hydrogen-bond acceptors (Lipinski definition) is 5. The van der Waals surface area contributed by atoms with Gasteiger partial charge in [0.1, 0.15) is 6.61 Å². The summed E-state index contributed by atoms with van der Waals surface area (Å²) in [5.74, 6) is -0.595. The Labute approximate surface area is 545 Å². The average Bonchev–Trinajstić information content (AvgIpc) is 3.56. The Bertz CT molecular complexity index is 1860. The van der Waals surface area contributed by atoms with Gasteiger partial charge in [-0.05, 0) is 122 Å². The number of allylic oxidation sites excluding steroid dienone is 26. The third-order valence-corrected chi connectivity index (χ3v) is 15.8. The standard InChI is InChI=1S/C83H138O5/c1-3-5-7-9-11-13-15-17-19-21-23-25-27-29-31-33-35-37-38-39-40-41-42-43-44-46-47-49-51-53-55-57-59-61-63-65-67-69-71-73-75-77-82(85)87-80-81(79-84)88-83(86)78-76-74-72-70-68-66-64-62-60-58-56-54-52-50-48-45-36-34-32-30-28-26-24-22-20-18-16-14-12-10-8-6-4-2/h5-8,11-14,17-20,23-26,29-32,36,45,50,52,56,58,81,84H,3-4,9-10,15-16,21-22,27-28,33-35,37-44,46-49,51,53-55,57,59-80H2,1-2H3/b7-5-,8-6-,13-11-,14-12-,19-17-,20-18-,25-23-,26-24-,31-29-,32-30-,45-36-,52-50-,58-56-. The van der Waals surface area contributed by atoms with Crippen molar-refractivity contribution in [2.24, 2.45) is 0 Å². The van der Waals surface area contributed by atoms with Gasteiger partial charge < -0.3 is 14.6 Å². The number of carbonyl (C=O) groups excluding carboxylic acids is 2. The fraction of sp³-hybridized carbons (Fsp3) is 0.663. The second-order valence-corrected chi connectivity index (χ2v) is 24.3. The molecule has 1 unspecified atom stereocenters. The molecule has 0 heterocycles. The van der Waals surface area contributed by atoms with Crippen LogP contribution in [0.5, 0.6) is 0 Å². The van der Waals surface area contributed by atoms with Gasteiger partial charge in [0.15, 0.2) is 6.10 Å². The zero-order valence-electron chi connectivity index (χ0n) is 57.4. The molecule has 500 valence electrons. The number of rotatable bonds is 67. The zero-order valence-corrected chi connectivity index (χ0v) is 57.4. The summed E-state index contributed by atoms with van der Waals surface area (Å²) in [6.45, 7) is 3.93. The first-order valence-corrected chi connectivity index (χ1v) is 37.0. The van der Waals surface area contributed by atoms with Crippen molar-refractivity contribution >= 4 is 11.9 Å². The molecule has 1 atom stereocenters. The molecule has 0 rings (SSSR count). The van der Waals surface area contributed by atoms with Crippen LogP contribution in [0.4, 0.5) is 0 Å². The van der Waals surface area contributed by atoms with Crippen molar-refractivity contribution in [3.63, 3.8) is 0 Å². The number of aliphatic hydroxyl groups excluding tert-OH is 1. The largest absolute Gasteiger partial charge is 0.462 e. The normalized spacial score (nSPS) is 13.2. The molecule has 0 aromatic heterocycles. The number of carbonyl (C=O) groups is 2. The van der Waals surface area contributed by atoms with Crippen molar-refractivity contribution in [1.29, 1.82) is 0 Å². The molecule has 0 aliphatic carbocycles. The molecule has 0 aliphatic rings. The fourth-order valence-corrected chi connectivity index (χ4v) is 10.4. The third-order valence-electron chi connectivity index (χ3n) is 15.8. The molecule has 0 aromatic rings. The maximum absolute atomic E-state index is 12.4. The maximum atomic E-state index is 12.4. The molecule has 0 spiro atoms.